The molecule has 1 aliphatic heterocycles. The quantitative estimate of drug-likeness (QED) is 0.541. The van der Waals surface area contributed by atoms with E-state index < -0.39 is 0 Å². The van der Waals surface area contributed by atoms with E-state index >= 15 is 0 Å². The average molecular weight is 212 g/mol. The molecule has 1 aliphatic rings. The molecule has 0 N–H and O–H groups in total. The lowest BCUT2D eigenvalue weighted by Gasteiger charge is -2.18. The smallest absolute Gasteiger partial charge is 0.0160 e. The first-order valence-electron chi connectivity index (χ1n) is 5.18. The zero-order valence-corrected chi connectivity index (χ0v) is 9.47. The third-order valence-corrected chi connectivity index (χ3v) is 4.01. The van der Waals surface area contributed by atoms with Crippen LogP contribution in [0.15, 0.2) is 52.3 Å². The van der Waals surface area contributed by atoms with Crippen molar-refractivity contribution < 1.29 is 0 Å². The van der Waals surface area contributed by atoms with Crippen LogP contribution in [0.2, 0.25) is 0 Å². The van der Waals surface area contributed by atoms with Crippen LogP contribution in [0.25, 0.3) is 0 Å². The van der Waals surface area contributed by atoms with E-state index in [1.165, 1.54) is 26.5 Å². The number of aryl methyl sites for hydroxylation is 1. The summed E-state index contributed by atoms with van der Waals surface area (Å²) in [7, 11) is 0. The van der Waals surface area contributed by atoms with Crippen molar-refractivity contribution in [1.29, 1.82) is 0 Å². The number of benzene rings is 2. The van der Waals surface area contributed by atoms with Crippen molar-refractivity contribution in [2.24, 2.45) is 0 Å². The molecule has 74 valence electrons. The minimum absolute atomic E-state index is 1.08. The highest BCUT2D eigenvalue weighted by Crippen LogP contribution is 2.39. The Labute approximate surface area is 94.3 Å². The summed E-state index contributed by atoms with van der Waals surface area (Å²) in [5.74, 6) is 0. The van der Waals surface area contributed by atoms with Crippen molar-refractivity contribution in [1.82, 2.24) is 0 Å². The second-order valence-corrected chi connectivity index (χ2v) is 5.08. The molecule has 1 heterocycles. The molecule has 0 unspecified atom stereocenters. The zero-order chi connectivity index (χ0) is 10.3. The van der Waals surface area contributed by atoms with Crippen molar-refractivity contribution >= 4 is 11.8 Å². The molecule has 0 atom stereocenters. The lowest BCUT2D eigenvalue weighted by atomic mass is 10.0. The highest BCUT2D eigenvalue weighted by molar-refractivity contribution is 7.99. The molecule has 0 bridgehead atoms. The van der Waals surface area contributed by atoms with E-state index in [2.05, 4.69) is 49.4 Å². The molecule has 0 amide bonds. The van der Waals surface area contributed by atoms with Crippen LogP contribution in [-0.4, -0.2) is 0 Å². The summed E-state index contributed by atoms with van der Waals surface area (Å²) in [6.07, 6.45) is 1.08. The summed E-state index contributed by atoms with van der Waals surface area (Å²) in [6.45, 7) is 2.15. The van der Waals surface area contributed by atoms with Crippen LogP contribution in [0.3, 0.4) is 0 Å². The summed E-state index contributed by atoms with van der Waals surface area (Å²) in [4.78, 5) is 2.84. The molecule has 0 radical (unpaired) electrons. The van der Waals surface area contributed by atoms with Crippen molar-refractivity contribution in [2.75, 3.05) is 0 Å². The molecule has 0 fully saturated rings. The maximum absolute atomic E-state index is 2.29. The van der Waals surface area contributed by atoms with Gasteiger partial charge in [0.15, 0.2) is 0 Å². The molecule has 0 saturated carbocycles. The number of rotatable bonds is 0. The van der Waals surface area contributed by atoms with E-state index in [1.807, 2.05) is 11.8 Å². The van der Waals surface area contributed by atoms with Crippen LogP contribution in [0.5, 0.6) is 0 Å². The van der Waals surface area contributed by atoms with Crippen LogP contribution in [0.4, 0.5) is 0 Å². The molecule has 2 aromatic carbocycles. The maximum atomic E-state index is 2.29. The lowest BCUT2D eigenvalue weighted by molar-refractivity contribution is 1.05. The third-order valence-electron chi connectivity index (χ3n) is 2.80. The fourth-order valence-corrected chi connectivity index (χ4v) is 3.15. The van der Waals surface area contributed by atoms with Crippen LogP contribution >= 0.6 is 11.8 Å². The average Bonchev–Trinajstić information content (AvgIpc) is 2.26. The normalized spacial score (nSPS) is 13.1. The number of hydrogen-bond acceptors (Lipinski definition) is 1. The maximum Gasteiger partial charge on any atom is 0.0160 e. The van der Waals surface area contributed by atoms with E-state index in [1.54, 1.807) is 0 Å². The molecule has 0 aliphatic carbocycles. The Morgan fingerprint density at radius 3 is 2.67 bits per heavy atom. The van der Waals surface area contributed by atoms with Crippen molar-refractivity contribution in [3.8, 4) is 0 Å². The van der Waals surface area contributed by atoms with Gasteiger partial charge in [-0.05, 0) is 42.2 Å². The van der Waals surface area contributed by atoms with Crippen LogP contribution in [-0.2, 0) is 6.42 Å². The van der Waals surface area contributed by atoms with Gasteiger partial charge in [0.1, 0.15) is 0 Å². The minimum Gasteiger partial charge on any atom is -0.0895 e. The highest BCUT2D eigenvalue weighted by Gasteiger charge is 2.14. The first kappa shape index (κ1) is 9.05. The van der Waals surface area contributed by atoms with E-state index in [0.29, 0.717) is 0 Å². The van der Waals surface area contributed by atoms with Gasteiger partial charge in [0.25, 0.3) is 0 Å². The summed E-state index contributed by atoms with van der Waals surface area (Å²) in [6, 6.07) is 15.4. The Morgan fingerprint density at radius 1 is 0.933 bits per heavy atom. The molecule has 0 aromatic heterocycles. The topological polar surface area (TPSA) is 0 Å². The Kier molecular flexibility index (Phi) is 2.06. The Hall–Kier alpha value is -1.21. The standard InChI is InChI=1S/C14H12S/c1-10-6-7-12-9-11-4-2-3-5-13(11)15-14(12)8-10/h2-8H,9H2,1H3. The predicted molar refractivity (Wildman–Crippen MR) is 64.6 cm³/mol. The molecular weight excluding hydrogens is 200 g/mol. The first-order chi connectivity index (χ1) is 7.33. The molecule has 3 rings (SSSR count). The van der Waals surface area contributed by atoms with Gasteiger partial charge in [-0.2, -0.15) is 0 Å². The second kappa shape index (κ2) is 3.42. The van der Waals surface area contributed by atoms with Crippen molar-refractivity contribution in [3.63, 3.8) is 0 Å². The lowest BCUT2D eigenvalue weighted by Crippen LogP contribution is -1.99. The van der Waals surface area contributed by atoms with Crippen LogP contribution in [0, 0.1) is 6.92 Å². The molecule has 15 heavy (non-hydrogen) atoms. The van der Waals surface area contributed by atoms with Crippen LogP contribution in [0.1, 0.15) is 16.7 Å². The number of fused-ring (bicyclic) bond motifs is 2. The Morgan fingerprint density at radius 2 is 1.73 bits per heavy atom. The SMILES string of the molecule is Cc1ccc2c(c1)Sc1ccccc1C2. The fraction of sp³-hybridized carbons (Fsp3) is 0.143. The molecule has 0 nitrogen and oxygen atoms in total. The Balaban J connectivity index is 2.11. The summed E-state index contributed by atoms with van der Waals surface area (Å²) < 4.78 is 0. The molecule has 0 saturated heterocycles. The van der Waals surface area contributed by atoms with E-state index in [9.17, 15) is 0 Å². The molecule has 0 spiro atoms. The minimum atomic E-state index is 1.08. The Bertz CT molecular complexity index is 514. The van der Waals surface area contributed by atoms with Crippen molar-refractivity contribution in [3.05, 3.63) is 59.2 Å². The summed E-state index contributed by atoms with van der Waals surface area (Å²) in [5, 5.41) is 0. The van der Waals surface area contributed by atoms with Gasteiger partial charge < -0.3 is 0 Å². The third kappa shape index (κ3) is 1.57. The van der Waals surface area contributed by atoms with Gasteiger partial charge in [-0.3, -0.25) is 0 Å². The van der Waals surface area contributed by atoms with Gasteiger partial charge in [0, 0.05) is 9.79 Å². The molecular formula is C14H12S. The highest BCUT2D eigenvalue weighted by atomic mass is 32.2. The summed E-state index contributed by atoms with van der Waals surface area (Å²) in [5.41, 5.74) is 4.27. The second-order valence-electron chi connectivity index (χ2n) is 4.00. The molecule has 2 aromatic rings. The van der Waals surface area contributed by atoms with Gasteiger partial charge in [-0.15, -0.1) is 0 Å². The monoisotopic (exact) mass is 212 g/mol. The van der Waals surface area contributed by atoms with E-state index in [-0.39, 0.29) is 0 Å². The first-order valence-corrected chi connectivity index (χ1v) is 6.00. The largest absolute Gasteiger partial charge is 0.0895 e. The van der Waals surface area contributed by atoms with Crippen molar-refractivity contribution in [2.45, 2.75) is 23.1 Å². The predicted octanol–water partition coefficient (Wildman–Crippen LogP) is 4.05. The van der Waals surface area contributed by atoms with E-state index in [4.69, 9.17) is 0 Å². The van der Waals surface area contributed by atoms with Gasteiger partial charge in [-0.25, -0.2) is 0 Å². The van der Waals surface area contributed by atoms with Gasteiger partial charge in [0.05, 0.1) is 0 Å². The van der Waals surface area contributed by atoms with Gasteiger partial charge in [-0.1, -0.05) is 42.1 Å². The fourth-order valence-electron chi connectivity index (χ4n) is 1.98. The van der Waals surface area contributed by atoms with Gasteiger partial charge in [0.2, 0.25) is 0 Å². The zero-order valence-electron chi connectivity index (χ0n) is 8.66. The number of hydrogen-bond donors (Lipinski definition) is 0. The van der Waals surface area contributed by atoms with Crippen LogP contribution < -0.4 is 0 Å². The van der Waals surface area contributed by atoms with E-state index in [0.717, 1.165) is 6.42 Å². The van der Waals surface area contributed by atoms with Gasteiger partial charge >= 0.3 is 0 Å². The summed E-state index contributed by atoms with van der Waals surface area (Å²) >= 11 is 1.90. The molecule has 1 heteroatoms.